The summed E-state index contributed by atoms with van der Waals surface area (Å²) in [6, 6.07) is -2.45. The van der Waals surface area contributed by atoms with Crippen LogP contribution in [0.3, 0.4) is 0 Å². The molecule has 0 aromatic heterocycles. The molecule has 2 fully saturated rings. The van der Waals surface area contributed by atoms with Gasteiger partial charge in [-0.2, -0.15) is 0 Å². The Labute approximate surface area is 211 Å². The average molecular weight is 512 g/mol. The molecule has 0 spiro atoms. The van der Waals surface area contributed by atoms with E-state index in [1.807, 2.05) is 0 Å². The molecule has 204 valence electrons. The summed E-state index contributed by atoms with van der Waals surface area (Å²) in [5.74, 6) is 0.170. The van der Waals surface area contributed by atoms with Gasteiger partial charge in [-0.25, -0.2) is 14.5 Å². The van der Waals surface area contributed by atoms with Crippen LogP contribution in [0, 0.1) is 5.41 Å². The van der Waals surface area contributed by atoms with Crippen molar-refractivity contribution in [1.29, 1.82) is 5.41 Å². The zero-order chi connectivity index (χ0) is 27.0. The molecule has 0 aromatic carbocycles. The lowest BCUT2D eigenvalue weighted by molar-refractivity contribution is -0.0365. The summed E-state index contributed by atoms with van der Waals surface area (Å²) in [6.07, 6.45) is -3.23. The number of aliphatic hydroxyl groups excluding tert-OH is 2. The number of carbonyl (C=O) groups is 2. The number of hydrogen-bond acceptors (Lipinski definition) is 11. The fourth-order valence-corrected chi connectivity index (χ4v) is 4.62. The van der Waals surface area contributed by atoms with E-state index < -0.39 is 59.9 Å². The second-order valence-corrected chi connectivity index (χ2v) is 11.6. The second kappa shape index (κ2) is 10.5. The van der Waals surface area contributed by atoms with Crippen LogP contribution in [0.4, 0.5) is 9.59 Å². The van der Waals surface area contributed by atoms with Crippen LogP contribution < -0.4 is 16.4 Å². The summed E-state index contributed by atoms with van der Waals surface area (Å²) in [4.78, 5) is 32.7. The highest BCUT2D eigenvalue weighted by atomic mass is 16.6. The van der Waals surface area contributed by atoms with Gasteiger partial charge in [0.1, 0.15) is 41.5 Å². The van der Waals surface area contributed by atoms with E-state index in [2.05, 4.69) is 15.6 Å². The van der Waals surface area contributed by atoms with Gasteiger partial charge in [-0.1, -0.05) is 0 Å². The van der Waals surface area contributed by atoms with Crippen LogP contribution in [-0.4, -0.2) is 111 Å². The Kier molecular flexibility index (Phi) is 8.18. The van der Waals surface area contributed by atoms with Gasteiger partial charge < -0.3 is 41.0 Å². The van der Waals surface area contributed by atoms with Crippen molar-refractivity contribution in [2.75, 3.05) is 13.1 Å². The summed E-state index contributed by atoms with van der Waals surface area (Å²) in [7, 11) is 0. The maximum absolute atomic E-state index is 13.0. The molecule has 3 rings (SSSR count). The largest absolute Gasteiger partial charge is 0.443 e. The predicted molar refractivity (Wildman–Crippen MR) is 133 cm³/mol. The SMILES string of the molecule is CC(C)(C)OC(=O)N(C(=O)OC(C)(C)C)[C@H]1CC(N2C=NC(C(=N)NC3CCNC3)[C@H]2N)C(O)C1O. The van der Waals surface area contributed by atoms with Gasteiger partial charge in [0.15, 0.2) is 0 Å². The van der Waals surface area contributed by atoms with E-state index in [-0.39, 0.29) is 18.3 Å². The number of aliphatic hydroxyl groups is 2. The molecule has 2 amide bonds. The third-order valence-electron chi connectivity index (χ3n) is 6.26. The van der Waals surface area contributed by atoms with Gasteiger partial charge in [-0.15, -0.1) is 0 Å². The van der Waals surface area contributed by atoms with E-state index in [4.69, 9.17) is 20.6 Å². The van der Waals surface area contributed by atoms with Gasteiger partial charge in [0, 0.05) is 12.6 Å². The molecule has 1 saturated carbocycles. The third-order valence-corrected chi connectivity index (χ3v) is 6.26. The Morgan fingerprint density at radius 3 is 2.22 bits per heavy atom. The number of ether oxygens (including phenoxy) is 2. The van der Waals surface area contributed by atoms with Crippen molar-refractivity contribution in [3.63, 3.8) is 0 Å². The number of rotatable bonds is 4. The molecule has 2 heterocycles. The molecule has 0 bridgehead atoms. The van der Waals surface area contributed by atoms with E-state index >= 15 is 0 Å². The summed E-state index contributed by atoms with van der Waals surface area (Å²) in [5, 5.41) is 36.6. The van der Waals surface area contributed by atoms with Crippen LogP contribution >= 0.6 is 0 Å². The van der Waals surface area contributed by atoms with E-state index in [0.29, 0.717) is 0 Å². The highest BCUT2D eigenvalue weighted by Crippen LogP contribution is 2.33. The molecule has 0 aromatic rings. The van der Waals surface area contributed by atoms with Crippen molar-refractivity contribution >= 4 is 24.4 Å². The van der Waals surface area contributed by atoms with E-state index in [0.717, 1.165) is 24.4 Å². The summed E-state index contributed by atoms with van der Waals surface area (Å²) in [6.45, 7) is 11.6. The Bertz CT molecular complexity index is 836. The zero-order valence-corrected chi connectivity index (χ0v) is 21.9. The minimum absolute atomic E-state index is 0.000561. The van der Waals surface area contributed by atoms with Crippen LogP contribution in [0.1, 0.15) is 54.4 Å². The van der Waals surface area contributed by atoms with Crippen LogP contribution in [-0.2, 0) is 9.47 Å². The fraction of sp³-hybridized carbons (Fsp3) is 0.826. The number of amides is 2. The van der Waals surface area contributed by atoms with Crippen LogP contribution in [0.15, 0.2) is 4.99 Å². The molecule has 3 aliphatic rings. The molecule has 2 aliphatic heterocycles. The van der Waals surface area contributed by atoms with Crippen molar-refractivity contribution in [2.45, 2.75) is 108 Å². The fourth-order valence-electron chi connectivity index (χ4n) is 4.62. The summed E-state index contributed by atoms with van der Waals surface area (Å²) >= 11 is 0. The molecule has 1 aliphatic carbocycles. The standard InChI is InChI=1S/C23H41N7O6/c1-22(2,3)35-20(33)30(21(34)36-23(4,5)6)14-9-13(16(31)17(14)32)29-11-27-15(19(29)25)18(24)28-12-7-8-26-10-12/h11-17,19,26,31-32H,7-10,25H2,1-6H3,(H2,24,28)/t12?,13?,14-,15?,16?,17?,19-/m0/s1. The van der Waals surface area contributed by atoms with Gasteiger partial charge in [-0.05, 0) is 60.9 Å². The molecule has 5 unspecified atom stereocenters. The monoisotopic (exact) mass is 511 g/mol. The van der Waals surface area contributed by atoms with Crippen molar-refractivity contribution in [3.8, 4) is 0 Å². The van der Waals surface area contributed by atoms with E-state index in [1.165, 1.54) is 6.34 Å². The number of hydrogen-bond donors (Lipinski definition) is 6. The number of imide groups is 1. The first-order chi connectivity index (χ1) is 16.6. The Balaban J connectivity index is 1.76. The lowest BCUT2D eigenvalue weighted by Crippen LogP contribution is -2.56. The van der Waals surface area contributed by atoms with Crippen molar-refractivity contribution < 1.29 is 29.3 Å². The number of nitrogens with two attached hydrogens (primary N) is 1. The Hall–Kier alpha value is -2.48. The van der Waals surface area contributed by atoms with Crippen molar-refractivity contribution in [2.24, 2.45) is 10.7 Å². The first-order valence-corrected chi connectivity index (χ1v) is 12.3. The number of nitrogens with zero attached hydrogens (tertiary/aromatic N) is 3. The highest BCUT2D eigenvalue weighted by Gasteiger charge is 2.53. The smallest absolute Gasteiger partial charge is 0.420 e. The van der Waals surface area contributed by atoms with Crippen LogP contribution in [0.5, 0.6) is 0 Å². The molecular formula is C23H41N7O6. The molecule has 7 N–H and O–H groups in total. The maximum Gasteiger partial charge on any atom is 0.420 e. The van der Waals surface area contributed by atoms with Crippen molar-refractivity contribution in [1.82, 2.24) is 20.4 Å². The van der Waals surface area contributed by atoms with Gasteiger partial charge in [0.25, 0.3) is 0 Å². The molecule has 1 saturated heterocycles. The number of nitrogens with one attached hydrogen (secondary N) is 3. The first-order valence-electron chi connectivity index (χ1n) is 12.3. The van der Waals surface area contributed by atoms with Gasteiger partial charge in [-0.3, -0.25) is 10.4 Å². The minimum atomic E-state index is -1.48. The molecule has 13 heteroatoms. The topological polar surface area (TPSA) is 186 Å². The number of carbonyl (C=O) groups excluding carboxylic acids is 2. The van der Waals surface area contributed by atoms with E-state index in [1.54, 1.807) is 46.4 Å². The lowest BCUT2D eigenvalue weighted by atomic mass is 10.1. The zero-order valence-electron chi connectivity index (χ0n) is 21.9. The minimum Gasteiger partial charge on any atom is -0.443 e. The number of aliphatic imine (C=N–C) groups is 1. The normalized spacial score (nSPS) is 32.5. The maximum atomic E-state index is 13.0. The highest BCUT2D eigenvalue weighted by molar-refractivity contribution is 5.89. The lowest BCUT2D eigenvalue weighted by Gasteiger charge is -2.33. The Morgan fingerprint density at radius 1 is 1.14 bits per heavy atom. The molecule has 7 atom stereocenters. The summed E-state index contributed by atoms with van der Waals surface area (Å²) < 4.78 is 10.8. The average Bonchev–Trinajstić information content (AvgIpc) is 3.42. The van der Waals surface area contributed by atoms with E-state index in [9.17, 15) is 19.8 Å². The summed E-state index contributed by atoms with van der Waals surface area (Å²) in [5.41, 5.74) is 4.60. The Morgan fingerprint density at radius 2 is 1.72 bits per heavy atom. The first kappa shape index (κ1) is 28.1. The van der Waals surface area contributed by atoms with Crippen molar-refractivity contribution in [3.05, 3.63) is 0 Å². The van der Waals surface area contributed by atoms with Gasteiger partial charge in [0.2, 0.25) is 0 Å². The van der Waals surface area contributed by atoms with Crippen LogP contribution in [0.2, 0.25) is 0 Å². The van der Waals surface area contributed by atoms with Gasteiger partial charge in [0.05, 0.1) is 18.4 Å². The number of amidine groups is 1. The second-order valence-electron chi connectivity index (χ2n) is 11.6. The molecular weight excluding hydrogens is 470 g/mol. The van der Waals surface area contributed by atoms with Crippen LogP contribution in [0.25, 0.3) is 0 Å². The molecule has 13 nitrogen and oxygen atoms in total. The molecule has 0 radical (unpaired) electrons. The third kappa shape index (κ3) is 6.44. The van der Waals surface area contributed by atoms with Gasteiger partial charge >= 0.3 is 12.2 Å². The molecule has 36 heavy (non-hydrogen) atoms. The quantitative estimate of drug-likeness (QED) is 0.221. The predicted octanol–water partition coefficient (Wildman–Crippen LogP) is -0.0526.